The maximum absolute atomic E-state index is 5.79. The van der Waals surface area contributed by atoms with E-state index in [4.69, 9.17) is 4.74 Å². The zero-order valence-corrected chi connectivity index (χ0v) is 10.4. The van der Waals surface area contributed by atoms with Crippen molar-refractivity contribution in [1.82, 2.24) is 0 Å². The summed E-state index contributed by atoms with van der Waals surface area (Å²) in [6.45, 7) is 6.36. The molecule has 3 unspecified atom stereocenters. The molecule has 1 saturated carbocycles. The van der Waals surface area contributed by atoms with Gasteiger partial charge in [0.05, 0.1) is 13.2 Å². The van der Waals surface area contributed by atoms with E-state index in [1.807, 2.05) is 6.07 Å². The van der Waals surface area contributed by atoms with Crippen molar-refractivity contribution in [2.45, 2.75) is 33.3 Å². The first-order valence-corrected chi connectivity index (χ1v) is 6.43. The highest BCUT2D eigenvalue weighted by atomic mass is 16.5. The van der Waals surface area contributed by atoms with Crippen LogP contribution in [0.4, 0.5) is 0 Å². The van der Waals surface area contributed by atoms with Crippen molar-refractivity contribution in [3.8, 4) is 0 Å². The van der Waals surface area contributed by atoms with Crippen LogP contribution in [0.3, 0.4) is 0 Å². The second-order valence-electron chi connectivity index (χ2n) is 5.02. The molecule has 0 aliphatic heterocycles. The lowest BCUT2D eigenvalue weighted by Crippen LogP contribution is -2.37. The molecule has 1 aromatic rings. The molecule has 0 saturated heterocycles. The fourth-order valence-electron chi connectivity index (χ4n) is 2.67. The summed E-state index contributed by atoms with van der Waals surface area (Å²) in [5.41, 5.74) is 1.28. The summed E-state index contributed by atoms with van der Waals surface area (Å²) in [6, 6.07) is 10.4. The molecule has 88 valence electrons. The Labute approximate surface area is 98.8 Å². The van der Waals surface area contributed by atoms with Crippen molar-refractivity contribution in [1.29, 1.82) is 0 Å². The van der Waals surface area contributed by atoms with Gasteiger partial charge >= 0.3 is 0 Å². The SMILES string of the molecule is CCC1CC(COCc2ccccc2)C1C. The maximum atomic E-state index is 5.79. The van der Waals surface area contributed by atoms with E-state index in [1.165, 1.54) is 18.4 Å². The summed E-state index contributed by atoms with van der Waals surface area (Å²) in [5.74, 6) is 2.61. The van der Waals surface area contributed by atoms with Crippen molar-refractivity contribution in [3.05, 3.63) is 35.9 Å². The molecule has 16 heavy (non-hydrogen) atoms. The van der Waals surface area contributed by atoms with Crippen molar-refractivity contribution >= 4 is 0 Å². The lowest BCUT2D eigenvalue weighted by atomic mass is 9.65. The Hall–Kier alpha value is -0.820. The number of rotatable bonds is 5. The van der Waals surface area contributed by atoms with E-state index in [-0.39, 0.29) is 0 Å². The van der Waals surface area contributed by atoms with Gasteiger partial charge in [-0.2, -0.15) is 0 Å². The monoisotopic (exact) mass is 218 g/mol. The van der Waals surface area contributed by atoms with Gasteiger partial charge in [-0.3, -0.25) is 0 Å². The third-order valence-electron chi connectivity index (χ3n) is 4.06. The smallest absolute Gasteiger partial charge is 0.0717 e. The van der Waals surface area contributed by atoms with Gasteiger partial charge in [-0.25, -0.2) is 0 Å². The standard InChI is InChI=1S/C15H22O/c1-3-14-9-15(12(14)2)11-16-10-13-7-5-4-6-8-13/h4-8,12,14-15H,3,9-11H2,1-2H3. The van der Waals surface area contributed by atoms with Crippen LogP contribution in [0.15, 0.2) is 30.3 Å². The summed E-state index contributed by atoms with van der Waals surface area (Å²) >= 11 is 0. The predicted octanol–water partition coefficient (Wildman–Crippen LogP) is 3.89. The molecule has 1 aliphatic carbocycles. The summed E-state index contributed by atoms with van der Waals surface area (Å²) in [4.78, 5) is 0. The van der Waals surface area contributed by atoms with E-state index in [9.17, 15) is 0 Å². The molecule has 0 N–H and O–H groups in total. The van der Waals surface area contributed by atoms with E-state index < -0.39 is 0 Å². The van der Waals surface area contributed by atoms with Crippen LogP contribution in [0.5, 0.6) is 0 Å². The zero-order chi connectivity index (χ0) is 11.4. The van der Waals surface area contributed by atoms with Gasteiger partial charge in [0, 0.05) is 0 Å². The largest absolute Gasteiger partial charge is 0.376 e. The van der Waals surface area contributed by atoms with Gasteiger partial charge < -0.3 is 4.74 Å². The molecule has 0 bridgehead atoms. The van der Waals surface area contributed by atoms with Crippen LogP contribution in [0.1, 0.15) is 32.3 Å². The lowest BCUT2D eigenvalue weighted by molar-refractivity contribution is -0.0107. The summed E-state index contributed by atoms with van der Waals surface area (Å²) in [7, 11) is 0. The minimum absolute atomic E-state index is 0.765. The van der Waals surface area contributed by atoms with Gasteiger partial charge in [-0.1, -0.05) is 50.6 Å². The average molecular weight is 218 g/mol. The zero-order valence-electron chi connectivity index (χ0n) is 10.4. The van der Waals surface area contributed by atoms with Crippen molar-refractivity contribution in [3.63, 3.8) is 0 Å². The van der Waals surface area contributed by atoms with Crippen LogP contribution >= 0.6 is 0 Å². The Bertz CT molecular complexity index is 306. The van der Waals surface area contributed by atoms with Crippen LogP contribution in [-0.2, 0) is 11.3 Å². The van der Waals surface area contributed by atoms with Crippen molar-refractivity contribution in [2.75, 3.05) is 6.61 Å². The quantitative estimate of drug-likeness (QED) is 0.728. The van der Waals surface area contributed by atoms with Gasteiger partial charge in [0.1, 0.15) is 0 Å². The third kappa shape index (κ3) is 2.65. The molecule has 1 heteroatoms. The minimum Gasteiger partial charge on any atom is -0.376 e. The van der Waals surface area contributed by atoms with Gasteiger partial charge in [-0.15, -0.1) is 0 Å². The Morgan fingerprint density at radius 3 is 2.56 bits per heavy atom. The summed E-state index contributed by atoms with van der Waals surface area (Å²) in [6.07, 6.45) is 2.70. The summed E-state index contributed by atoms with van der Waals surface area (Å²) in [5, 5.41) is 0. The maximum Gasteiger partial charge on any atom is 0.0717 e. The Morgan fingerprint density at radius 1 is 1.19 bits per heavy atom. The molecule has 1 nitrogen and oxygen atoms in total. The van der Waals surface area contributed by atoms with E-state index in [0.717, 1.165) is 31.0 Å². The van der Waals surface area contributed by atoms with Crippen molar-refractivity contribution in [2.24, 2.45) is 17.8 Å². The van der Waals surface area contributed by atoms with Gasteiger partial charge in [0.15, 0.2) is 0 Å². The van der Waals surface area contributed by atoms with Gasteiger partial charge in [0.2, 0.25) is 0 Å². The highest BCUT2D eigenvalue weighted by molar-refractivity contribution is 5.13. The molecule has 3 atom stereocenters. The Morgan fingerprint density at radius 2 is 1.94 bits per heavy atom. The molecule has 1 aliphatic rings. The Kier molecular flexibility index (Phi) is 4.00. The van der Waals surface area contributed by atoms with Crippen LogP contribution in [0, 0.1) is 17.8 Å². The third-order valence-corrected chi connectivity index (χ3v) is 4.06. The van der Waals surface area contributed by atoms with Crippen LogP contribution in [0.25, 0.3) is 0 Å². The highest BCUT2D eigenvalue weighted by Crippen LogP contribution is 2.42. The molecule has 0 amide bonds. The molecule has 0 radical (unpaired) electrons. The fraction of sp³-hybridized carbons (Fsp3) is 0.600. The highest BCUT2D eigenvalue weighted by Gasteiger charge is 2.35. The second-order valence-corrected chi connectivity index (χ2v) is 5.02. The van der Waals surface area contributed by atoms with Crippen LogP contribution < -0.4 is 0 Å². The lowest BCUT2D eigenvalue weighted by Gasteiger charge is -2.42. The van der Waals surface area contributed by atoms with E-state index in [1.54, 1.807) is 0 Å². The minimum atomic E-state index is 0.765. The van der Waals surface area contributed by atoms with Gasteiger partial charge in [0.25, 0.3) is 0 Å². The molecule has 1 aromatic carbocycles. The first-order valence-electron chi connectivity index (χ1n) is 6.43. The first-order chi connectivity index (χ1) is 7.81. The fourth-order valence-corrected chi connectivity index (χ4v) is 2.67. The predicted molar refractivity (Wildman–Crippen MR) is 67.2 cm³/mol. The number of hydrogen-bond acceptors (Lipinski definition) is 1. The normalized spacial score (nSPS) is 28.8. The molecule has 1 fully saturated rings. The second kappa shape index (κ2) is 5.49. The Balaban J connectivity index is 1.66. The van der Waals surface area contributed by atoms with E-state index >= 15 is 0 Å². The van der Waals surface area contributed by atoms with Crippen LogP contribution in [0.2, 0.25) is 0 Å². The average Bonchev–Trinajstić information content (AvgIpc) is 2.33. The van der Waals surface area contributed by atoms with Crippen molar-refractivity contribution < 1.29 is 4.74 Å². The number of benzene rings is 1. The summed E-state index contributed by atoms with van der Waals surface area (Å²) < 4.78 is 5.79. The molecule has 2 rings (SSSR count). The van der Waals surface area contributed by atoms with E-state index in [0.29, 0.717) is 0 Å². The molecule has 0 spiro atoms. The molecule has 0 aromatic heterocycles. The topological polar surface area (TPSA) is 9.23 Å². The van der Waals surface area contributed by atoms with E-state index in [2.05, 4.69) is 38.1 Å². The number of hydrogen-bond donors (Lipinski definition) is 0. The molecule has 0 heterocycles. The number of ether oxygens (including phenoxy) is 1. The molecular weight excluding hydrogens is 196 g/mol. The molecular formula is C15H22O. The van der Waals surface area contributed by atoms with Gasteiger partial charge in [-0.05, 0) is 29.7 Å². The first kappa shape index (κ1) is 11.7. The van der Waals surface area contributed by atoms with Crippen LogP contribution in [-0.4, -0.2) is 6.61 Å².